The lowest BCUT2D eigenvalue weighted by Crippen LogP contribution is -2.38. The molecule has 0 spiro atoms. The summed E-state index contributed by atoms with van der Waals surface area (Å²) in [6.07, 6.45) is 9.97. The Labute approximate surface area is 198 Å². The highest BCUT2D eigenvalue weighted by molar-refractivity contribution is 5.93. The molecule has 4 heterocycles. The number of hydrogen-bond acceptors (Lipinski definition) is 7. The Kier molecular flexibility index (Phi) is 6.55. The molecule has 4 aromatic rings. The smallest absolute Gasteiger partial charge is 0.173 e. The van der Waals surface area contributed by atoms with Gasteiger partial charge in [0.1, 0.15) is 5.82 Å². The van der Waals surface area contributed by atoms with Gasteiger partial charge in [0.15, 0.2) is 5.82 Å². The molecule has 9 heteroatoms. The first-order valence-electron chi connectivity index (χ1n) is 11.5. The number of rotatable bonds is 8. The number of benzene rings is 1. The van der Waals surface area contributed by atoms with Crippen LogP contribution in [0.25, 0.3) is 28.1 Å². The van der Waals surface area contributed by atoms with E-state index >= 15 is 0 Å². The normalized spacial score (nSPS) is 14.9. The molecule has 174 valence electrons. The summed E-state index contributed by atoms with van der Waals surface area (Å²) in [4.78, 5) is 11.6. The van der Waals surface area contributed by atoms with E-state index in [9.17, 15) is 0 Å². The van der Waals surface area contributed by atoms with Gasteiger partial charge in [0.25, 0.3) is 0 Å². The van der Waals surface area contributed by atoms with Crippen LogP contribution in [0, 0.1) is 5.41 Å². The van der Waals surface area contributed by atoms with Gasteiger partial charge in [-0.3, -0.25) is 19.7 Å². The Hall–Kier alpha value is -3.69. The molecular weight excluding hydrogens is 428 g/mol. The minimum Gasteiger partial charge on any atom is -0.379 e. The number of aromatic amines is 1. The third kappa shape index (κ3) is 5.44. The number of aromatic nitrogens is 6. The maximum absolute atomic E-state index is 7.48. The molecule has 34 heavy (non-hydrogen) atoms. The van der Waals surface area contributed by atoms with Crippen LogP contribution in [0.15, 0.2) is 48.9 Å². The van der Waals surface area contributed by atoms with Crippen LogP contribution in [0.2, 0.25) is 0 Å². The van der Waals surface area contributed by atoms with Crippen molar-refractivity contribution in [3.63, 3.8) is 0 Å². The molecule has 5 rings (SSSR count). The number of H-pyrrole nitrogens is 1. The van der Waals surface area contributed by atoms with E-state index in [1.54, 1.807) is 19.1 Å². The van der Waals surface area contributed by atoms with Crippen molar-refractivity contribution >= 4 is 22.7 Å². The largest absolute Gasteiger partial charge is 0.379 e. The fourth-order valence-corrected chi connectivity index (χ4v) is 4.01. The Morgan fingerprint density at radius 2 is 2.03 bits per heavy atom. The number of pyridine rings is 1. The molecule has 0 bridgehead atoms. The van der Waals surface area contributed by atoms with Gasteiger partial charge in [-0.25, -0.2) is 4.98 Å². The highest BCUT2D eigenvalue weighted by Gasteiger charge is 2.11. The van der Waals surface area contributed by atoms with Gasteiger partial charge in [-0.15, -0.1) is 0 Å². The van der Waals surface area contributed by atoms with Crippen molar-refractivity contribution in [1.82, 2.24) is 34.8 Å². The van der Waals surface area contributed by atoms with Gasteiger partial charge < -0.3 is 10.1 Å². The maximum Gasteiger partial charge on any atom is 0.173 e. The Morgan fingerprint density at radius 3 is 2.88 bits per heavy atom. The monoisotopic (exact) mass is 456 g/mol. The van der Waals surface area contributed by atoms with Crippen LogP contribution in [0.5, 0.6) is 0 Å². The minimum atomic E-state index is 0.465. The van der Waals surface area contributed by atoms with Gasteiger partial charge in [0.2, 0.25) is 0 Å². The highest BCUT2D eigenvalue weighted by Crippen LogP contribution is 2.24. The van der Waals surface area contributed by atoms with E-state index in [2.05, 4.69) is 54.6 Å². The zero-order valence-electron chi connectivity index (χ0n) is 19.2. The number of nitrogens with one attached hydrogen (secondary N) is 2. The lowest BCUT2D eigenvalue weighted by Gasteiger charge is -2.26. The lowest BCUT2D eigenvalue weighted by molar-refractivity contribution is 0.0360. The average molecular weight is 457 g/mol. The molecule has 0 saturated carbocycles. The Morgan fingerprint density at radius 1 is 1.15 bits per heavy atom. The van der Waals surface area contributed by atoms with E-state index in [1.807, 2.05) is 23.1 Å². The summed E-state index contributed by atoms with van der Waals surface area (Å²) in [5.41, 5.74) is 4.66. The second kappa shape index (κ2) is 10.1. The second-order valence-corrected chi connectivity index (χ2v) is 8.53. The van der Waals surface area contributed by atoms with Gasteiger partial charge in [-0.05, 0) is 42.8 Å². The van der Waals surface area contributed by atoms with Crippen LogP contribution in [0.4, 0.5) is 0 Å². The predicted octanol–water partition coefficient (Wildman–Crippen LogP) is 3.19. The van der Waals surface area contributed by atoms with Gasteiger partial charge in [0.05, 0.1) is 31.5 Å². The fraction of sp³-hybridized carbons (Fsp3) is 0.320. The lowest BCUT2D eigenvalue weighted by atomic mass is 10.0. The van der Waals surface area contributed by atoms with Crippen LogP contribution in [-0.2, 0) is 17.7 Å². The zero-order valence-corrected chi connectivity index (χ0v) is 19.2. The number of morpholine rings is 1. The Balaban J connectivity index is 1.28. The van der Waals surface area contributed by atoms with Crippen LogP contribution < -0.4 is 0 Å². The van der Waals surface area contributed by atoms with Crippen LogP contribution in [0.1, 0.15) is 24.1 Å². The van der Waals surface area contributed by atoms with Crippen molar-refractivity contribution in [2.24, 2.45) is 0 Å². The molecule has 1 aromatic carbocycles. The third-order valence-electron chi connectivity index (χ3n) is 5.86. The van der Waals surface area contributed by atoms with Crippen molar-refractivity contribution in [3.8, 4) is 11.1 Å². The minimum absolute atomic E-state index is 0.465. The van der Waals surface area contributed by atoms with E-state index in [0.29, 0.717) is 18.0 Å². The maximum atomic E-state index is 7.48. The first kappa shape index (κ1) is 22.1. The molecule has 3 aromatic heterocycles. The summed E-state index contributed by atoms with van der Waals surface area (Å²) in [6, 6.07) is 8.42. The number of fused-ring (bicyclic) bond motifs is 1. The van der Waals surface area contributed by atoms with E-state index in [0.717, 1.165) is 72.8 Å². The topological polar surface area (TPSA) is 109 Å². The zero-order chi connectivity index (χ0) is 23.3. The molecule has 1 saturated heterocycles. The molecule has 1 aliphatic heterocycles. The average Bonchev–Trinajstić information content (AvgIpc) is 3.51. The first-order valence-corrected chi connectivity index (χ1v) is 11.5. The molecule has 1 aliphatic rings. The third-order valence-corrected chi connectivity index (χ3v) is 5.86. The molecule has 9 nitrogen and oxygen atoms in total. The molecule has 0 unspecified atom stereocenters. The quantitative estimate of drug-likeness (QED) is 0.394. The Bertz CT molecular complexity index is 1320. The van der Waals surface area contributed by atoms with E-state index < -0.39 is 0 Å². The molecule has 1 fully saturated rings. The highest BCUT2D eigenvalue weighted by atomic mass is 16.5. The van der Waals surface area contributed by atoms with E-state index in [1.165, 1.54) is 0 Å². The summed E-state index contributed by atoms with van der Waals surface area (Å²) in [5, 5.41) is 20.3. The second-order valence-electron chi connectivity index (χ2n) is 8.53. The van der Waals surface area contributed by atoms with E-state index in [-0.39, 0.29) is 0 Å². The summed E-state index contributed by atoms with van der Waals surface area (Å²) in [6.45, 7) is 7.16. The SMILES string of the molecule is CC(=N)/C=C\c1n[nH]c(Cc2ccc3ncc(-c4cnn(CCN5CCOCC5)c4)cc3c2)n1. The van der Waals surface area contributed by atoms with Crippen LogP contribution in [0.3, 0.4) is 0 Å². The van der Waals surface area contributed by atoms with Crippen LogP contribution >= 0.6 is 0 Å². The summed E-state index contributed by atoms with van der Waals surface area (Å²) in [5.74, 6) is 1.37. The van der Waals surface area contributed by atoms with Crippen LogP contribution in [-0.4, -0.2) is 73.4 Å². The summed E-state index contributed by atoms with van der Waals surface area (Å²) in [7, 11) is 0. The standard InChI is InChI=1S/C25H28N8O/c1-18(26)2-5-24-29-25(31-30-24)13-19-3-4-23-20(12-19)14-21(15-27-23)22-16-28-33(17-22)7-6-32-8-10-34-11-9-32/h2-5,12,14-17,26H,6-11,13H2,1H3,(H,29,30,31)/b5-2-,26-18?. The fourth-order valence-electron chi connectivity index (χ4n) is 4.01. The molecule has 0 radical (unpaired) electrons. The number of nitrogens with zero attached hydrogens (tertiary/aromatic N) is 6. The van der Waals surface area contributed by atoms with Gasteiger partial charge in [-0.1, -0.05) is 6.07 Å². The summed E-state index contributed by atoms with van der Waals surface area (Å²) < 4.78 is 7.42. The van der Waals surface area contributed by atoms with Crippen molar-refractivity contribution < 1.29 is 4.74 Å². The number of ether oxygens (including phenoxy) is 1. The van der Waals surface area contributed by atoms with Crippen molar-refractivity contribution in [1.29, 1.82) is 5.41 Å². The summed E-state index contributed by atoms with van der Waals surface area (Å²) >= 11 is 0. The predicted molar refractivity (Wildman–Crippen MR) is 132 cm³/mol. The molecule has 0 aliphatic carbocycles. The van der Waals surface area contributed by atoms with E-state index in [4.69, 9.17) is 10.1 Å². The molecule has 2 N–H and O–H groups in total. The molecule has 0 atom stereocenters. The molecular formula is C25H28N8O. The van der Waals surface area contributed by atoms with Gasteiger partial charge in [0, 0.05) is 60.7 Å². The van der Waals surface area contributed by atoms with Gasteiger partial charge in [-0.2, -0.15) is 10.2 Å². The van der Waals surface area contributed by atoms with Crippen molar-refractivity contribution in [3.05, 3.63) is 66.1 Å². The number of allylic oxidation sites excluding steroid dienone is 1. The van der Waals surface area contributed by atoms with Gasteiger partial charge >= 0.3 is 0 Å². The molecule has 0 amide bonds. The number of hydrogen-bond donors (Lipinski definition) is 2. The first-order chi connectivity index (χ1) is 16.6. The van der Waals surface area contributed by atoms with Crippen molar-refractivity contribution in [2.75, 3.05) is 32.8 Å². The van der Waals surface area contributed by atoms with Crippen molar-refractivity contribution in [2.45, 2.75) is 19.9 Å².